The van der Waals surface area contributed by atoms with Gasteiger partial charge in [-0.1, -0.05) is 20.8 Å². The minimum atomic E-state index is 0.377. The van der Waals surface area contributed by atoms with Crippen molar-refractivity contribution in [2.24, 2.45) is 5.41 Å². The molecule has 0 amide bonds. The van der Waals surface area contributed by atoms with Crippen LogP contribution in [0.4, 0.5) is 0 Å². The van der Waals surface area contributed by atoms with Crippen LogP contribution in [0.5, 0.6) is 0 Å². The molecule has 0 aliphatic carbocycles. The molecule has 1 saturated heterocycles. The maximum absolute atomic E-state index is 3.70. The molecule has 0 aromatic heterocycles. The molecule has 1 aliphatic heterocycles. The van der Waals surface area contributed by atoms with Gasteiger partial charge in [0, 0.05) is 12.6 Å². The molecule has 0 aromatic rings. The Morgan fingerprint density at radius 2 is 2.12 bits per heavy atom. The maximum atomic E-state index is 3.70. The molecule has 0 bridgehead atoms. The highest BCUT2D eigenvalue weighted by Gasteiger charge is 2.27. The van der Waals surface area contributed by atoms with Crippen molar-refractivity contribution in [1.82, 2.24) is 10.2 Å². The summed E-state index contributed by atoms with van der Waals surface area (Å²) < 4.78 is 0. The molecular formula is C13H28N2S. The number of nitrogens with zero attached hydrogens (tertiary/aromatic N) is 1. The fourth-order valence-electron chi connectivity index (χ4n) is 2.21. The van der Waals surface area contributed by atoms with Crippen molar-refractivity contribution >= 4 is 11.8 Å². The Labute approximate surface area is 106 Å². The highest BCUT2D eigenvalue weighted by Crippen LogP contribution is 2.21. The molecule has 1 rings (SSSR count). The van der Waals surface area contributed by atoms with Gasteiger partial charge in [0.05, 0.1) is 0 Å². The Kier molecular flexibility index (Phi) is 6.16. The predicted molar refractivity (Wildman–Crippen MR) is 75.3 cm³/mol. The monoisotopic (exact) mass is 244 g/mol. The van der Waals surface area contributed by atoms with Gasteiger partial charge in [-0.2, -0.15) is 11.8 Å². The summed E-state index contributed by atoms with van der Waals surface area (Å²) in [4.78, 5) is 2.64. The van der Waals surface area contributed by atoms with Crippen molar-refractivity contribution in [1.29, 1.82) is 0 Å². The summed E-state index contributed by atoms with van der Waals surface area (Å²) in [5.41, 5.74) is 0.377. The lowest BCUT2D eigenvalue weighted by molar-refractivity contribution is 0.198. The van der Waals surface area contributed by atoms with Gasteiger partial charge in [0.2, 0.25) is 0 Å². The van der Waals surface area contributed by atoms with Crippen LogP contribution in [0.3, 0.4) is 0 Å². The van der Waals surface area contributed by atoms with Gasteiger partial charge in [-0.15, -0.1) is 0 Å². The number of hydrogen-bond acceptors (Lipinski definition) is 3. The zero-order valence-electron chi connectivity index (χ0n) is 11.4. The lowest BCUT2D eigenvalue weighted by Gasteiger charge is -2.33. The topological polar surface area (TPSA) is 15.3 Å². The largest absolute Gasteiger partial charge is 0.312 e. The molecule has 1 atom stereocenters. The Hall–Kier alpha value is 0.270. The second kappa shape index (κ2) is 6.87. The summed E-state index contributed by atoms with van der Waals surface area (Å²) >= 11 is 1.96. The van der Waals surface area contributed by atoms with Crippen LogP contribution in [0.1, 0.15) is 33.6 Å². The molecular weight excluding hydrogens is 216 g/mol. The number of hydrogen-bond donors (Lipinski definition) is 1. The molecule has 0 aromatic carbocycles. The smallest absolute Gasteiger partial charge is 0.0243 e. The van der Waals surface area contributed by atoms with E-state index in [1.807, 2.05) is 11.8 Å². The first kappa shape index (κ1) is 14.3. The molecule has 1 unspecified atom stereocenters. The first-order chi connectivity index (χ1) is 7.54. The zero-order chi connectivity index (χ0) is 12.0. The van der Waals surface area contributed by atoms with E-state index in [2.05, 4.69) is 37.2 Å². The van der Waals surface area contributed by atoms with Crippen molar-refractivity contribution < 1.29 is 0 Å². The van der Waals surface area contributed by atoms with Crippen LogP contribution in [0.2, 0.25) is 0 Å². The van der Waals surface area contributed by atoms with Crippen molar-refractivity contribution in [3.05, 3.63) is 0 Å². The third-order valence-corrected chi connectivity index (χ3v) is 4.05. The molecule has 1 heterocycles. The van der Waals surface area contributed by atoms with Crippen LogP contribution in [-0.4, -0.2) is 49.1 Å². The van der Waals surface area contributed by atoms with Gasteiger partial charge in [-0.05, 0) is 49.9 Å². The summed E-state index contributed by atoms with van der Waals surface area (Å²) in [6.07, 6.45) is 4.83. The van der Waals surface area contributed by atoms with Crippen LogP contribution in [0.15, 0.2) is 0 Å². The standard InChI is InChI=1S/C13H28N2S/c1-13(2,3)12-11-15(8-5-7-14-12)9-6-10-16-4/h12,14H,5-11H2,1-4H3. The molecule has 3 heteroatoms. The third-order valence-electron chi connectivity index (χ3n) is 3.35. The molecule has 1 N–H and O–H groups in total. The normalized spacial score (nSPS) is 24.4. The van der Waals surface area contributed by atoms with Crippen LogP contribution in [-0.2, 0) is 0 Å². The molecule has 0 saturated carbocycles. The van der Waals surface area contributed by atoms with Crippen molar-refractivity contribution in [2.45, 2.75) is 39.7 Å². The summed E-state index contributed by atoms with van der Waals surface area (Å²) in [5.74, 6) is 1.30. The van der Waals surface area contributed by atoms with Gasteiger partial charge in [0.25, 0.3) is 0 Å². The molecule has 0 radical (unpaired) electrons. The van der Waals surface area contributed by atoms with Gasteiger partial charge in [0.1, 0.15) is 0 Å². The van der Waals surface area contributed by atoms with E-state index in [0.29, 0.717) is 11.5 Å². The second-order valence-corrected chi connectivity index (χ2v) is 6.86. The fourth-order valence-corrected chi connectivity index (χ4v) is 2.63. The minimum absolute atomic E-state index is 0.377. The van der Waals surface area contributed by atoms with Crippen molar-refractivity contribution in [3.63, 3.8) is 0 Å². The van der Waals surface area contributed by atoms with Crippen LogP contribution < -0.4 is 5.32 Å². The fraction of sp³-hybridized carbons (Fsp3) is 1.00. The summed E-state index contributed by atoms with van der Waals surface area (Å²) in [7, 11) is 0. The number of nitrogens with one attached hydrogen (secondary N) is 1. The lowest BCUT2D eigenvalue weighted by Crippen LogP contribution is -2.46. The first-order valence-electron chi connectivity index (χ1n) is 6.48. The summed E-state index contributed by atoms with van der Waals surface area (Å²) in [5, 5.41) is 3.70. The zero-order valence-corrected chi connectivity index (χ0v) is 12.2. The second-order valence-electron chi connectivity index (χ2n) is 5.87. The van der Waals surface area contributed by atoms with E-state index in [-0.39, 0.29) is 0 Å². The number of rotatable bonds is 4. The van der Waals surface area contributed by atoms with E-state index in [1.165, 1.54) is 44.8 Å². The first-order valence-corrected chi connectivity index (χ1v) is 7.88. The van der Waals surface area contributed by atoms with E-state index in [0.717, 1.165) is 0 Å². The number of thioether (sulfide) groups is 1. The average Bonchev–Trinajstić information content (AvgIpc) is 2.43. The lowest BCUT2D eigenvalue weighted by atomic mass is 9.86. The average molecular weight is 244 g/mol. The van der Waals surface area contributed by atoms with Gasteiger partial charge >= 0.3 is 0 Å². The summed E-state index contributed by atoms with van der Waals surface area (Å²) in [6, 6.07) is 0.643. The minimum Gasteiger partial charge on any atom is -0.312 e. The molecule has 0 spiro atoms. The molecule has 16 heavy (non-hydrogen) atoms. The maximum Gasteiger partial charge on any atom is 0.0243 e. The highest BCUT2D eigenvalue weighted by molar-refractivity contribution is 7.98. The van der Waals surface area contributed by atoms with Gasteiger partial charge in [-0.3, -0.25) is 0 Å². The quantitative estimate of drug-likeness (QED) is 0.765. The van der Waals surface area contributed by atoms with Crippen molar-refractivity contribution in [3.8, 4) is 0 Å². The van der Waals surface area contributed by atoms with Crippen LogP contribution >= 0.6 is 11.8 Å². The van der Waals surface area contributed by atoms with Crippen LogP contribution in [0.25, 0.3) is 0 Å². The molecule has 2 nitrogen and oxygen atoms in total. The molecule has 1 aliphatic rings. The van der Waals surface area contributed by atoms with Gasteiger partial charge in [0.15, 0.2) is 0 Å². The van der Waals surface area contributed by atoms with Crippen LogP contribution in [0, 0.1) is 5.41 Å². The van der Waals surface area contributed by atoms with E-state index in [4.69, 9.17) is 0 Å². The Balaban J connectivity index is 2.39. The van der Waals surface area contributed by atoms with E-state index in [1.54, 1.807) is 0 Å². The summed E-state index contributed by atoms with van der Waals surface area (Å²) in [6.45, 7) is 12.0. The molecule has 96 valence electrons. The van der Waals surface area contributed by atoms with E-state index in [9.17, 15) is 0 Å². The van der Waals surface area contributed by atoms with Gasteiger partial charge in [-0.25, -0.2) is 0 Å². The van der Waals surface area contributed by atoms with E-state index >= 15 is 0 Å². The van der Waals surface area contributed by atoms with E-state index < -0.39 is 0 Å². The Bertz CT molecular complexity index is 189. The SMILES string of the molecule is CSCCCN1CCCNC(C(C)(C)C)C1. The predicted octanol–water partition coefficient (Wildman–Crippen LogP) is 2.45. The van der Waals surface area contributed by atoms with Crippen molar-refractivity contribution in [2.75, 3.05) is 38.2 Å². The molecule has 1 fully saturated rings. The van der Waals surface area contributed by atoms with Gasteiger partial charge < -0.3 is 10.2 Å². The Morgan fingerprint density at radius 3 is 2.75 bits per heavy atom. The Morgan fingerprint density at radius 1 is 1.38 bits per heavy atom. The third kappa shape index (κ3) is 5.07. The highest BCUT2D eigenvalue weighted by atomic mass is 32.2.